The van der Waals surface area contributed by atoms with Gasteiger partial charge in [-0.05, 0) is 30.3 Å². The number of imide groups is 1. The largest absolute Gasteiger partial charge is 0.508 e. The predicted octanol–water partition coefficient (Wildman–Crippen LogP) is 2.92. The Hall–Kier alpha value is -3.12. The highest BCUT2D eigenvalue weighted by Crippen LogP contribution is 2.55. The molecule has 6 rings (SSSR count). The molecular formula is C26H22ClN3O6S2. The molecule has 9 nitrogen and oxygen atoms in total. The number of carbonyl (C=O) groups is 3. The number of anilines is 1. The van der Waals surface area contributed by atoms with Crippen molar-refractivity contribution in [3.05, 3.63) is 73.7 Å². The third-order valence-corrected chi connectivity index (χ3v) is 9.92. The number of amides is 3. The zero-order chi connectivity index (χ0) is 26.6. The van der Waals surface area contributed by atoms with Crippen LogP contribution in [0, 0.1) is 5.92 Å². The second-order valence-electron chi connectivity index (χ2n) is 9.21. The maximum Gasteiger partial charge on any atom is 0.308 e. The summed E-state index contributed by atoms with van der Waals surface area (Å²) in [5, 5.41) is 10.9. The lowest BCUT2D eigenvalue weighted by atomic mass is 9.82. The lowest BCUT2D eigenvalue weighted by molar-refractivity contribution is -0.136. The number of phenols is 1. The zero-order valence-corrected chi connectivity index (χ0v) is 22.3. The Labute approximate surface area is 230 Å². The van der Waals surface area contributed by atoms with Gasteiger partial charge in [0, 0.05) is 34.5 Å². The van der Waals surface area contributed by atoms with Crippen molar-refractivity contribution in [1.29, 1.82) is 0 Å². The summed E-state index contributed by atoms with van der Waals surface area (Å²) >= 11 is 8.11. The molecule has 2 aromatic carbocycles. The molecular weight excluding hydrogens is 550 g/mol. The van der Waals surface area contributed by atoms with Crippen LogP contribution in [-0.4, -0.2) is 63.8 Å². The van der Waals surface area contributed by atoms with Crippen molar-refractivity contribution in [3.8, 4) is 5.75 Å². The fraction of sp³-hybridized carbons (Fsp3) is 0.308. The maximum atomic E-state index is 13.8. The summed E-state index contributed by atoms with van der Waals surface area (Å²) in [5.74, 6) is -2.65. The van der Waals surface area contributed by atoms with E-state index in [1.54, 1.807) is 47.4 Å². The monoisotopic (exact) mass is 571 g/mol. The van der Waals surface area contributed by atoms with Crippen LogP contribution in [0.2, 0.25) is 5.02 Å². The summed E-state index contributed by atoms with van der Waals surface area (Å²) in [6.07, 6.45) is 0. The molecule has 0 bridgehead atoms. The number of benzene rings is 2. The number of morpholine rings is 1. The number of carbonyl (C=O) groups excluding carboxylic acids is 3. The van der Waals surface area contributed by atoms with E-state index in [9.17, 15) is 24.3 Å². The average Bonchev–Trinajstić information content (AvgIpc) is 3.36. The molecule has 3 unspecified atom stereocenters. The van der Waals surface area contributed by atoms with E-state index >= 15 is 0 Å². The molecule has 0 saturated carbocycles. The number of phenolic OH excluding ortho intramolecular Hbond substituents is 1. The van der Waals surface area contributed by atoms with Gasteiger partial charge < -0.3 is 14.7 Å². The minimum absolute atomic E-state index is 0.0314. The number of nitrogens with zero attached hydrogens (tertiary/aromatic N) is 3. The molecule has 3 aliphatic rings. The van der Waals surface area contributed by atoms with Crippen molar-refractivity contribution in [2.24, 2.45) is 5.92 Å². The Kier molecular flexibility index (Phi) is 6.55. The van der Waals surface area contributed by atoms with Gasteiger partial charge in [0.1, 0.15) is 17.5 Å². The summed E-state index contributed by atoms with van der Waals surface area (Å²) in [5.41, 5.74) is 0.856. The van der Waals surface area contributed by atoms with E-state index in [2.05, 4.69) is 0 Å². The van der Waals surface area contributed by atoms with E-state index in [0.717, 1.165) is 28.0 Å². The molecule has 2 saturated heterocycles. The highest BCUT2D eigenvalue weighted by atomic mass is 35.5. The second-order valence-corrected chi connectivity index (χ2v) is 11.8. The molecule has 1 aromatic heterocycles. The Morgan fingerprint density at radius 1 is 1.03 bits per heavy atom. The number of rotatable bonds is 4. The second kappa shape index (κ2) is 9.88. The Morgan fingerprint density at radius 3 is 2.45 bits per heavy atom. The van der Waals surface area contributed by atoms with Gasteiger partial charge in [-0.1, -0.05) is 52.9 Å². The molecule has 3 amide bonds. The van der Waals surface area contributed by atoms with E-state index in [1.165, 1.54) is 10.6 Å². The Bertz CT molecular complexity index is 1500. The van der Waals surface area contributed by atoms with Gasteiger partial charge in [-0.25, -0.2) is 4.90 Å². The first-order valence-corrected chi connectivity index (χ1v) is 14.1. The standard InChI is InChI=1S/C26H22ClN3O6S2/c27-14-5-7-15(8-6-14)30-23(33)20-19(16-3-1-2-4-17(16)31)22-25(37-21(20)24(30)34)29(26(35)38-22)13-18(32)28-9-11-36-12-10-28/h1-8,19-21,31H,9-13H2. The van der Waals surface area contributed by atoms with Crippen molar-refractivity contribution in [3.63, 3.8) is 0 Å². The van der Waals surface area contributed by atoms with Crippen LogP contribution in [0.15, 0.2) is 58.4 Å². The Balaban J connectivity index is 1.45. The number of thiazole rings is 1. The van der Waals surface area contributed by atoms with Gasteiger partial charge in [-0.3, -0.25) is 23.7 Å². The third kappa shape index (κ3) is 4.14. The van der Waals surface area contributed by atoms with Crippen molar-refractivity contribution >= 4 is 58.1 Å². The molecule has 3 aliphatic heterocycles. The van der Waals surface area contributed by atoms with Gasteiger partial charge in [-0.15, -0.1) is 0 Å². The van der Waals surface area contributed by atoms with Crippen LogP contribution >= 0.6 is 34.7 Å². The van der Waals surface area contributed by atoms with Gasteiger partial charge in [0.05, 0.1) is 29.8 Å². The summed E-state index contributed by atoms with van der Waals surface area (Å²) < 4.78 is 6.72. The molecule has 38 heavy (non-hydrogen) atoms. The number of para-hydroxylation sites is 1. The van der Waals surface area contributed by atoms with Crippen LogP contribution in [0.3, 0.4) is 0 Å². The van der Waals surface area contributed by atoms with Crippen LogP contribution in [0.5, 0.6) is 5.75 Å². The van der Waals surface area contributed by atoms with Crippen LogP contribution in [0.25, 0.3) is 0 Å². The maximum absolute atomic E-state index is 13.8. The minimum atomic E-state index is -0.842. The molecule has 0 aliphatic carbocycles. The summed E-state index contributed by atoms with van der Waals surface area (Å²) in [7, 11) is 0. The van der Waals surface area contributed by atoms with Crippen LogP contribution < -0.4 is 9.77 Å². The van der Waals surface area contributed by atoms with E-state index in [-0.39, 0.29) is 23.1 Å². The highest BCUT2D eigenvalue weighted by molar-refractivity contribution is 8.00. The van der Waals surface area contributed by atoms with Crippen molar-refractivity contribution < 1.29 is 24.2 Å². The smallest absolute Gasteiger partial charge is 0.308 e. The van der Waals surface area contributed by atoms with E-state index < -0.39 is 28.9 Å². The zero-order valence-electron chi connectivity index (χ0n) is 19.9. The van der Waals surface area contributed by atoms with E-state index in [4.69, 9.17) is 16.3 Å². The minimum Gasteiger partial charge on any atom is -0.508 e. The SMILES string of the molecule is O=C(Cn1c2c(sc1=O)C(c1ccccc1O)C1C(=O)N(c3ccc(Cl)cc3)C(=O)C1S2)N1CCOCC1. The van der Waals surface area contributed by atoms with Gasteiger partial charge in [-0.2, -0.15) is 0 Å². The number of hydrogen-bond donors (Lipinski definition) is 1. The first kappa shape index (κ1) is 25.2. The van der Waals surface area contributed by atoms with Crippen molar-refractivity contribution in [1.82, 2.24) is 9.47 Å². The number of thioether (sulfide) groups is 1. The van der Waals surface area contributed by atoms with Crippen molar-refractivity contribution in [2.45, 2.75) is 22.7 Å². The lowest BCUT2D eigenvalue weighted by Gasteiger charge is -2.31. The highest BCUT2D eigenvalue weighted by Gasteiger charge is 2.57. The first-order chi connectivity index (χ1) is 18.3. The van der Waals surface area contributed by atoms with Crippen LogP contribution in [0.1, 0.15) is 16.4 Å². The van der Waals surface area contributed by atoms with Gasteiger partial charge in [0.2, 0.25) is 17.7 Å². The van der Waals surface area contributed by atoms with Crippen LogP contribution in [0.4, 0.5) is 5.69 Å². The first-order valence-electron chi connectivity index (χ1n) is 12.0. The number of hydrogen-bond acceptors (Lipinski definition) is 8. The molecule has 3 atom stereocenters. The molecule has 2 fully saturated rings. The molecule has 0 spiro atoms. The fourth-order valence-corrected chi connectivity index (χ4v) is 8.12. The third-order valence-electron chi connectivity index (χ3n) is 7.06. The van der Waals surface area contributed by atoms with E-state index in [0.29, 0.717) is 52.5 Å². The molecule has 3 aromatic rings. The average molecular weight is 572 g/mol. The van der Waals surface area contributed by atoms with Gasteiger partial charge >= 0.3 is 4.87 Å². The molecule has 1 N–H and O–H groups in total. The number of fused-ring (bicyclic) bond motifs is 2. The van der Waals surface area contributed by atoms with Gasteiger partial charge in [0.25, 0.3) is 0 Å². The molecule has 196 valence electrons. The topological polar surface area (TPSA) is 109 Å². The van der Waals surface area contributed by atoms with Crippen LogP contribution in [-0.2, 0) is 25.7 Å². The number of aromatic nitrogens is 1. The quantitative estimate of drug-likeness (QED) is 0.480. The summed E-state index contributed by atoms with van der Waals surface area (Å²) in [6.45, 7) is 1.59. The molecule has 0 radical (unpaired) electrons. The number of aromatic hydroxyl groups is 1. The van der Waals surface area contributed by atoms with E-state index in [1.807, 2.05) is 0 Å². The number of ether oxygens (including phenoxy) is 1. The summed E-state index contributed by atoms with van der Waals surface area (Å²) in [6, 6.07) is 13.1. The Morgan fingerprint density at radius 2 is 1.74 bits per heavy atom. The van der Waals surface area contributed by atoms with Gasteiger partial charge in [0.15, 0.2) is 0 Å². The molecule has 12 heteroatoms. The van der Waals surface area contributed by atoms with Crippen molar-refractivity contribution in [2.75, 3.05) is 31.2 Å². The molecule has 4 heterocycles. The number of halogens is 1. The normalized spacial score (nSPS) is 22.9. The lowest BCUT2D eigenvalue weighted by Crippen LogP contribution is -2.43. The fourth-order valence-electron chi connectivity index (χ4n) is 5.23. The predicted molar refractivity (Wildman–Crippen MR) is 143 cm³/mol. The summed E-state index contributed by atoms with van der Waals surface area (Å²) in [4.78, 5) is 56.8.